The lowest BCUT2D eigenvalue weighted by molar-refractivity contribution is -0.141. The van der Waals surface area contributed by atoms with Crippen LogP contribution in [0.5, 0.6) is 11.5 Å². The molecule has 102 valence electrons. The van der Waals surface area contributed by atoms with E-state index in [9.17, 15) is 9.59 Å². The van der Waals surface area contributed by atoms with Crippen molar-refractivity contribution in [1.82, 2.24) is 5.32 Å². The number of nitrogens with one attached hydrogen (secondary N) is 1. The van der Waals surface area contributed by atoms with Gasteiger partial charge in [-0.15, -0.1) is 0 Å². The van der Waals surface area contributed by atoms with Crippen molar-refractivity contribution in [1.29, 1.82) is 0 Å². The van der Waals surface area contributed by atoms with Crippen molar-refractivity contribution in [2.24, 2.45) is 5.92 Å². The highest BCUT2D eigenvalue weighted by Crippen LogP contribution is 2.33. The maximum Gasteiger partial charge on any atom is 0.308 e. The fourth-order valence-corrected chi connectivity index (χ4v) is 1.87. The molecule has 1 aliphatic rings. The van der Waals surface area contributed by atoms with E-state index >= 15 is 0 Å². The second-order valence-corrected chi connectivity index (χ2v) is 4.36. The highest BCUT2D eigenvalue weighted by molar-refractivity contribution is 5.75. The van der Waals surface area contributed by atoms with Crippen LogP contribution in [0.3, 0.4) is 0 Å². The van der Waals surface area contributed by atoms with Crippen LogP contribution in [-0.4, -0.2) is 30.3 Å². The van der Waals surface area contributed by atoms with Gasteiger partial charge in [-0.25, -0.2) is 0 Å². The number of amides is 1. The standard InChI is InChI=1S/C13H15NO5/c1-8(15)14-6-10(13(16)17)4-9-2-3-11-12(5-9)19-7-18-11/h2-3,5,10H,4,6-7H2,1H3,(H,14,15)(H,16,17). The highest BCUT2D eigenvalue weighted by Gasteiger charge is 2.20. The lowest BCUT2D eigenvalue weighted by Crippen LogP contribution is -2.32. The molecule has 6 heteroatoms. The quantitative estimate of drug-likeness (QED) is 0.822. The number of fused-ring (bicyclic) bond motifs is 1. The summed E-state index contributed by atoms with van der Waals surface area (Å²) in [7, 11) is 0. The van der Waals surface area contributed by atoms with Crippen LogP contribution in [0.2, 0.25) is 0 Å². The molecule has 1 unspecified atom stereocenters. The summed E-state index contributed by atoms with van der Waals surface area (Å²) in [6.45, 7) is 1.66. The predicted molar refractivity (Wildman–Crippen MR) is 66.1 cm³/mol. The SMILES string of the molecule is CC(=O)NCC(Cc1ccc2c(c1)OCO2)C(=O)O. The number of benzene rings is 1. The van der Waals surface area contributed by atoms with Crippen LogP contribution in [0.4, 0.5) is 0 Å². The smallest absolute Gasteiger partial charge is 0.308 e. The molecule has 1 aromatic rings. The molecule has 0 radical (unpaired) electrons. The van der Waals surface area contributed by atoms with E-state index in [0.717, 1.165) is 5.56 Å². The van der Waals surface area contributed by atoms with E-state index in [0.29, 0.717) is 17.9 Å². The molecule has 0 saturated heterocycles. The zero-order valence-electron chi connectivity index (χ0n) is 10.5. The molecule has 1 heterocycles. The van der Waals surface area contributed by atoms with E-state index in [1.165, 1.54) is 6.92 Å². The molecule has 1 aromatic carbocycles. The van der Waals surface area contributed by atoms with Crippen molar-refractivity contribution in [2.45, 2.75) is 13.3 Å². The van der Waals surface area contributed by atoms with Gasteiger partial charge in [-0.05, 0) is 24.1 Å². The largest absolute Gasteiger partial charge is 0.481 e. The molecule has 0 bridgehead atoms. The summed E-state index contributed by atoms with van der Waals surface area (Å²) >= 11 is 0. The van der Waals surface area contributed by atoms with Crippen molar-refractivity contribution in [3.8, 4) is 11.5 Å². The second-order valence-electron chi connectivity index (χ2n) is 4.36. The molecule has 0 aliphatic carbocycles. The molecule has 1 atom stereocenters. The van der Waals surface area contributed by atoms with Crippen LogP contribution in [-0.2, 0) is 16.0 Å². The molecule has 1 aliphatic heterocycles. The van der Waals surface area contributed by atoms with Crippen LogP contribution in [0.1, 0.15) is 12.5 Å². The van der Waals surface area contributed by atoms with Crippen molar-refractivity contribution in [2.75, 3.05) is 13.3 Å². The number of aliphatic carboxylic acids is 1. The van der Waals surface area contributed by atoms with Gasteiger partial charge >= 0.3 is 5.97 Å². The molecule has 2 N–H and O–H groups in total. The van der Waals surface area contributed by atoms with Gasteiger partial charge in [0.2, 0.25) is 12.7 Å². The van der Waals surface area contributed by atoms with Crippen LogP contribution < -0.4 is 14.8 Å². The fraction of sp³-hybridized carbons (Fsp3) is 0.385. The molecule has 0 fully saturated rings. The molecular weight excluding hydrogens is 250 g/mol. The van der Waals surface area contributed by atoms with Crippen molar-refractivity contribution in [3.63, 3.8) is 0 Å². The van der Waals surface area contributed by atoms with Gasteiger partial charge in [0.15, 0.2) is 11.5 Å². The molecular formula is C13H15NO5. The number of hydrogen-bond donors (Lipinski definition) is 2. The summed E-state index contributed by atoms with van der Waals surface area (Å²) < 4.78 is 10.4. The number of hydrogen-bond acceptors (Lipinski definition) is 4. The number of carbonyl (C=O) groups is 2. The van der Waals surface area contributed by atoms with Gasteiger partial charge in [0.05, 0.1) is 5.92 Å². The Balaban J connectivity index is 2.04. The molecule has 0 spiro atoms. The lowest BCUT2D eigenvalue weighted by atomic mass is 9.99. The third kappa shape index (κ3) is 3.37. The second kappa shape index (κ2) is 5.60. The van der Waals surface area contributed by atoms with Gasteiger partial charge < -0.3 is 19.9 Å². The Morgan fingerprint density at radius 2 is 2.11 bits per heavy atom. The lowest BCUT2D eigenvalue weighted by Gasteiger charge is -2.13. The van der Waals surface area contributed by atoms with Crippen molar-refractivity contribution >= 4 is 11.9 Å². The first-order chi connectivity index (χ1) is 9.06. The highest BCUT2D eigenvalue weighted by atomic mass is 16.7. The summed E-state index contributed by atoms with van der Waals surface area (Å²) in [6, 6.07) is 5.33. The van der Waals surface area contributed by atoms with E-state index < -0.39 is 11.9 Å². The van der Waals surface area contributed by atoms with Crippen molar-refractivity contribution in [3.05, 3.63) is 23.8 Å². The van der Waals surface area contributed by atoms with E-state index in [2.05, 4.69) is 5.32 Å². The summed E-state index contributed by atoms with van der Waals surface area (Å²) in [5, 5.41) is 11.7. The Hall–Kier alpha value is -2.24. The van der Waals surface area contributed by atoms with E-state index in [4.69, 9.17) is 14.6 Å². The zero-order valence-corrected chi connectivity index (χ0v) is 10.5. The molecule has 1 amide bonds. The molecule has 6 nitrogen and oxygen atoms in total. The average molecular weight is 265 g/mol. The van der Waals surface area contributed by atoms with Gasteiger partial charge in [0.25, 0.3) is 0 Å². The molecule has 0 saturated carbocycles. The third-order valence-corrected chi connectivity index (χ3v) is 2.87. The summed E-state index contributed by atoms with van der Waals surface area (Å²) in [5.41, 5.74) is 0.835. The topological polar surface area (TPSA) is 84.9 Å². The van der Waals surface area contributed by atoms with E-state index in [1.54, 1.807) is 18.2 Å². The molecule has 2 rings (SSSR count). The minimum absolute atomic E-state index is 0.110. The van der Waals surface area contributed by atoms with E-state index in [1.807, 2.05) is 0 Å². The number of carboxylic acid groups (broad SMARTS) is 1. The summed E-state index contributed by atoms with van der Waals surface area (Å²) in [6.07, 6.45) is 0.326. The van der Waals surface area contributed by atoms with Gasteiger partial charge in [-0.2, -0.15) is 0 Å². The van der Waals surface area contributed by atoms with Crippen LogP contribution in [0.15, 0.2) is 18.2 Å². The fourth-order valence-electron chi connectivity index (χ4n) is 1.87. The van der Waals surface area contributed by atoms with Gasteiger partial charge in [0.1, 0.15) is 0 Å². The number of rotatable bonds is 5. The van der Waals surface area contributed by atoms with Gasteiger partial charge in [0, 0.05) is 13.5 Å². The zero-order chi connectivity index (χ0) is 13.8. The summed E-state index contributed by atoms with van der Waals surface area (Å²) in [4.78, 5) is 22.0. The molecule has 0 aromatic heterocycles. The van der Waals surface area contributed by atoms with Crippen LogP contribution in [0, 0.1) is 5.92 Å². The average Bonchev–Trinajstić information content (AvgIpc) is 2.81. The number of carboxylic acids is 1. The predicted octanol–water partition coefficient (Wildman–Crippen LogP) is 0.795. The van der Waals surface area contributed by atoms with E-state index in [-0.39, 0.29) is 19.2 Å². The normalized spacial score (nSPS) is 13.9. The number of carbonyl (C=O) groups excluding carboxylic acids is 1. The monoisotopic (exact) mass is 265 g/mol. The summed E-state index contributed by atoms with van der Waals surface area (Å²) in [5.74, 6) is -0.550. The Morgan fingerprint density at radius 3 is 2.79 bits per heavy atom. The Kier molecular flexibility index (Phi) is 3.89. The number of ether oxygens (including phenoxy) is 2. The maximum atomic E-state index is 11.1. The van der Waals surface area contributed by atoms with Crippen LogP contribution in [0.25, 0.3) is 0 Å². The van der Waals surface area contributed by atoms with Gasteiger partial charge in [-0.1, -0.05) is 6.07 Å². The Labute approximate surface area is 110 Å². The maximum absolute atomic E-state index is 11.1. The Morgan fingerprint density at radius 1 is 1.37 bits per heavy atom. The van der Waals surface area contributed by atoms with Gasteiger partial charge in [-0.3, -0.25) is 9.59 Å². The first-order valence-corrected chi connectivity index (χ1v) is 5.92. The minimum atomic E-state index is -0.939. The van der Waals surface area contributed by atoms with Crippen LogP contribution >= 0.6 is 0 Å². The van der Waals surface area contributed by atoms with Crippen molar-refractivity contribution < 1.29 is 24.2 Å². The molecule has 19 heavy (non-hydrogen) atoms. The minimum Gasteiger partial charge on any atom is -0.481 e. The first-order valence-electron chi connectivity index (χ1n) is 5.92. The third-order valence-electron chi connectivity index (χ3n) is 2.87. The first kappa shape index (κ1) is 13.2. The Bertz CT molecular complexity index is 500.